The van der Waals surface area contributed by atoms with Crippen LogP contribution >= 0.6 is 11.6 Å². The average molecular weight is 283 g/mol. The topological polar surface area (TPSA) is 15.3 Å². The first-order valence-electron chi connectivity index (χ1n) is 6.24. The van der Waals surface area contributed by atoms with E-state index in [1.165, 1.54) is 6.07 Å². The Morgan fingerprint density at radius 2 is 2.21 bits per heavy atom. The minimum absolute atomic E-state index is 0.148. The number of anilines is 1. The van der Waals surface area contributed by atoms with Crippen LogP contribution in [0.4, 0.5) is 10.1 Å². The van der Waals surface area contributed by atoms with Gasteiger partial charge in [0.25, 0.3) is 0 Å². The van der Waals surface area contributed by atoms with Gasteiger partial charge in [-0.2, -0.15) is 0 Å². The molecule has 0 aliphatic carbocycles. The fourth-order valence-electron chi connectivity index (χ4n) is 1.79. The Kier molecular flexibility index (Phi) is 5.90. The van der Waals surface area contributed by atoms with Crippen molar-refractivity contribution >= 4 is 17.3 Å². The van der Waals surface area contributed by atoms with Crippen molar-refractivity contribution in [3.8, 4) is 0 Å². The Morgan fingerprint density at radius 3 is 2.74 bits per heavy atom. The van der Waals surface area contributed by atoms with Gasteiger partial charge in [-0.15, -0.1) is 0 Å². The minimum atomic E-state index is -0.271. The molecule has 0 saturated heterocycles. The molecule has 0 heterocycles. The van der Waals surface area contributed by atoms with E-state index < -0.39 is 0 Å². The van der Waals surface area contributed by atoms with E-state index >= 15 is 0 Å². The molecule has 0 aliphatic heterocycles. The molecule has 0 fully saturated rings. The van der Waals surface area contributed by atoms with E-state index in [4.69, 9.17) is 11.6 Å². The van der Waals surface area contributed by atoms with Crippen molar-refractivity contribution in [1.29, 1.82) is 0 Å². The molecule has 0 aliphatic rings. The SMILES string of the molecule is C=CN/C(=C\C)CN(c1cc(Cl)ccc1F)C(C)C. The van der Waals surface area contributed by atoms with Crippen molar-refractivity contribution in [3.63, 3.8) is 0 Å². The normalized spacial score (nSPS) is 11.6. The van der Waals surface area contributed by atoms with Gasteiger partial charge in [-0.05, 0) is 45.2 Å². The molecule has 1 N–H and O–H groups in total. The molecule has 0 aromatic heterocycles. The average Bonchev–Trinajstić information content (AvgIpc) is 2.37. The van der Waals surface area contributed by atoms with E-state index in [0.29, 0.717) is 17.3 Å². The van der Waals surface area contributed by atoms with Crippen molar-refractivity contribution in [3.05, 3.63) is 53.6 Å². The van der Waals surface area contributed by atoms with E-state index in [-0.39, 0.29) is 11.9 Å². The van der Waals surface area contributed by atoms with Gasteiger partial charge in [0.1, 0.15) is 5.82 Å². The highest BCUT2D eigenvalue weighted by molar-refractivity contribution is 6.30. The lowest BCUT2D eigenvalue weighted by Gasteiger charge is -2.30. The molecular weight excluding hydrogens is 263 g/mol. The Hall–Kier alpha value is -1.48. The number of allylic oxidation sites excluding steroid dienone is 1. The third-order valence-corrected chi connectivity index (χ3v) is 3.05. The standard InChI is InChI=1S/C15H20ClFN2/c1-5-13(18-6-2)10-19(11(3)4)15-9-12(16)7-8-14(15)17/h5-9,11,18H,2,10H2,1,3-4H3/b13-5-. The van der Waals surface area contributed by atoms with Crippen LogP contribution in [0.25, 0.3) is 0 Å². The van der Waals surface area contributed by atoms with Crippen molar-refractivity contribution in [1.82, 2.24) is 5.32 Å². The third-order valence-electron chi connectivity index (χ3n) is 2.82. The molecule has 104 valence electrons. The van der Waals surface area contributed by atoms with Crippen LogP contribution in [0.3, 0.4) is 0 Å². The number of halogens is 2. The molecule has 0 spiro atoms. The molecule has 1 rings (SSSR count). The molecule has 1 aromatic carbocycles. The number of hydrogen-bond acceptors (Lipinski definition) is 2. The first-order chi connectivity index (χ1) is 8.99. The van der Waals surface area contributed by atoms with E-state index in [0.717, 1.165) is 5.70 Å². The lowest BCUT2D eigenvalue weighted by Crippen LogP contribution is -2.35. The van der Waals surface area contributed by atoms with Gasteiger partial charge in [-0.25, -0.2) is 4.39 Å². The highest BCUT2D eigenvalue weighted by Crippen LogP contribution is 2.25. The van der Waals surface area contributed by atoms with Gasteiger partial charge < -0.3 is 10.2 Å². The van der Waals surface area contributed by atoms with Gasteiger partial charge in [0, 0.05) is 16.8 Å². The maximum atomic E-state index is 14.0. The van der Waals surface area contributed by atoms with Crippen molar-refractivity contribution in [2.45, 2.75) is 26.8 Å². The highest BCUT2D eigenvalue weighted by Gasteiger charge is 2.16. The molecule has 19 heavy (non-hydrogen) atoms. The summed E-state index contributed by atoms with van der Waals surface area (Å²) in [6, 6.07) is 4.74. The van der Waals surface area contributed by atoms with E-state index in [1.807, 2.05) is 31.7 Å². The van der Waals surface area contributed by atoms with Gasteiger partial charge >= 0.3 is 0 Å². The molecular formula is C15H20ClFN2. The third kappa shape index (κ3) is 4.28. The quantitative estimate of drug-likeness (QED) is 0.835. The zero-order valence-electron chi connectivity index (χ0n) is 11.6. The molecule has 2 nitrogen and oxygen atoms in total. The molecule has 0 atom stereocenters. The summed E-state index contributed by atoms with van der Waals surface area (Å²) in [6.45, 7) is 10.2. The molecule has 4 heteroatoms. The van der Waals surface area contributed by atoms with Gasteiger partial charge in [-0.1, -0.05) is 24.3 Å². The van der Waals surface area contributed by atoms with Gasteiger partial charge in [0.05, 0.1) is 12.2 Å². The van der Waals surface area contributed by atoms with Crippen LogP contribution in [-0.2, 0) is 0 Å². The van der Waals surface area contributed by atoms with Gasteiger partial charge in [0.15, 0.2) is 0 Å². The van der Waals surface area contributed by atoms with Crippen molar-refractivity contribution < 1.29 is 4.39 Å². The maximum Gasteiger partial charge on any atom is 0.146 e. The van der Waals surface area contributed by atoms with Crippen LogP contribution in [0.5, 0.6) is 0 Å². The molecule has 1 aromatic rings. The molecule has 0 saturated carbocycles. The summed E-state index contributed by atoms with van der Waals surface area (Å²) in [6.07, 6.45) is 3.56. The predicted octanol–water partition coefficient (Wildman–Crippen LogP) is 4.33. The van der Waals surface area contributed by atoms with E-state index in [9.17, 15) is 4.39 Å². The molecule has 0 bridgehead atoms. The smallest absolute Gasteiger partial charge is 0.146 e. The largest absolute Gasteiger partial charge is 0.364 e. The van der Waals surface area contributed by atoms with Crippen LogP contribution < -0.4 is 10.2 Å². The number of nitrogens with one attached hydrogen (secondary N) is 1. The second-order valence-electron chi connectivity index (χ2n) is 4.48. The van der Waals surface area contributed by atoms with Gasteiger partial charge in [-0.3, -0.25) is 0 Å². The molecule has 0 unspecified atom stereocenters. The fraction of sp³-hybridized carbons (Fsp3) is 0.333. The first kappa shape index (κ1) is 15.6. The Morgan fingerprint density at radius 1 is 1.53 bits per heavy atom. The lowest BCUT2D eigenvalue weighted by molar-refractivity contribution is 0.604. The van der Waals surface area contributed by atoms with Crippen LogP contribution in [0, 0.1) is 5.82 Å². The first-order valence-corrected chi connectivity index (χ1v) is 6.61. The van der Waals surface area contributed by atoms with Crippen molar-refractivity contribution in [2.24, 2.45) is 0 Å². The van der Waals surface area contributed by atoms with Crippen molar-refractivity contribution in [2.75, 3.05) is 11.4 Å². The summed E-state index contributed by atoms with van der Waals surface area (Å²) in [5, 5.41) is 3.58. The predicted molar refractivity (Wildman–Crippen MR) is 81.0 cm³/mol. The molecule has 0 amide bonds. The second kappa shape index (κ2) is 7.19. The number of benzene rings is 1. The van der Waals surface area contributed by atoms with Crippen LogP contribution in [0.1, 0.15) is 20.8 Å². The zero-order chi connectivity index (χ0) is 14.4. The maximum absolute atomic E-state index is 14.0. The lowest BCUT2D eigenvalue weighted by atomic mass is 10.2. The van der Waals surface area contributed by atoms with Crippen LogP contribution in [-0.4, -0.2) is 12.6 Å². The minimum Gasteiger partial charge on any atom is -0.364 e. The van der Waals surface area contributed by atoms with E-state index in [1.54, 1.807) is 18.3 Å². The monoisotopic (exact) mass is 282 g/mol. The fourth-order valence-corrected chi connectivity index (χ4v) is 1.95. The summed E-state index contributed by atoms with van der Waals surface area (Å²) in [5.74, 6) is -0.271. The number of hydrogen-bond donors (Lipinski definition) is 1. The summed E-state index contributed by atoms with van der Waals surface area (Å²) < 4.78 is 14.0. The Balaban J connectivity index is 3.07. The number of nitrogens with zero attached hydrogens (tertiary/aromatic N) is 1. The van der Waals surface area contributed by atoms with Crippen LogP contribution in [0.2, 0.25) is 5.02 Å². The highest BCUT2D eigenvalue weighted by atomic mass is 35.5. The molecule has 0 radical (unpaired) electrons. The summed E-state index contributed by atoms with van der Waals surface area (Å²) in [5.41, 5.74) is 1.47. The summed E-state index contributed by atoms with van der Waals surface area (Å²) in [4.78, 5) is 1.95. The van der Waals surface area contributed by atoms with E-state index in [2.05, 4.69) is 11.9 Å². The zero-order valence-corrected chi connectivity index (χ0v) is 12.3. The van der Waals surface area contributed by atoms with Gasteiger partial charge in [0.2, 0.25) is 0 Å². The number of rotatable bonds is 6. The Labute approximate surface area is 119 Å². The Bertz CT molecular complexity index is 469. The van der Waals surface area contributed by atoms with Crippen LogP contribution in [0.15, 0.2) is 42.8 Å². The summed E-state index contributed by atoms with van der Waals surface area (Å²) in [7, 11) is 0. The second-order valence-corrected chi connectivity index (χ2v) is 4.92. The summed E-state index contributed by atoms with van der Waals surface area (Å²) >= 11 is 5.96.